The number of aromatic nitrogens is 2. The van der Waals surface area contributed by atoms with Gasteiger partial charge < -0.3 is 15.2 Å². The number of nitrogens with zero attached hydrogens (tertiary/aromatic N) is 3. The van der Waals surface area contributed by atoms with Gasteiger partial charge >= 0.3 is 0 Å². The van der Waals surface area contributed by atoms with Crippen LogP contribution in [-0.4, -0.2) is 46.9 Å². The van der Waals surface area contributed by atoms with Gasteiger partial charge in [-0.15, -0.1) is 0 Å². The Morgan fingerprint density at radius 2 is 1.96 bits per heavy atom. The summed E-state index contributed by atoms with van der Waals surface area (Å²) >= 11 is 0. The summed E-state index contributed by atoms with van der Waals surface area (Å²) in [5.74, 6) is 1.35. The fourth-order valence-corrected chi connectivity index (χ4v) is 4.26. The molecule has 0 spiro atoms. The first-order chi connectivity index (χ1) is 13.7. The molecule has 0 aliphatic carbocycles. The highest BCUT2D eigenvalue weighted by atomic mass is 16.5. The Hall–Kier alpha value is -2.71. The first kappa shape index (κ1) is 17.4. The second-order valence-corrected chi connectivity index (χ2v) is 7.71. The fourth-order valence-electron chi connectivity index (χ4n) is 4.26. The number of carbonyl (C=O) groups excluding carboxylic acids is 1. The smallest absolute Gasteiger partial charge is 0.247 e. The Kier molecular flexibility index (Phi) is 4.37. The minimum atomic E-state index is -0.214. The molecule has 8 heteroatoms. The quantitative estimate of drug-likeness (QED) is 0.738. The lowest BCUT2D eigenvalue weighted by Gasteiger charge is -2.38. The molecule has 146 valence electrons. The van der Waals surface area contributed by atoms with Crippen molar-refractivity contribution in [2.45, 2.75) is 31.8 Å². The van der Waals surface area contributed by atoms with E-state index in [2.05, 4.69) is 31.2 Å². The third kappa shape index (κ3) is 3.08. The Morgan fingerprint density at radius 1 is 1.18 bits per heavy atom. The first-order valence-corrected chi connectivity index (χ1v) is 9.85. The van der Waals surface area contributed by atoms with Crippen molar-refractivity contribution in [3.05, 3.63) is 47.5 Å². The van der Waals surface area contributed by atoms with Crippen LogP contribution in [0, 0.1) is 12.8 Å². The number of benzene rings is 1. The van der Waals surface area contributed by atoms with Crippen molar-refractivity contribution in [2.24, 2.45) is 5.92 Å². The molecular formula is C20H24N6O2. The van der Waals surface area contributed by atoms with Crippen LogP contribution in [-0.2, 0) is 4.79 Å². The fraction of sp³-hybridized carbons (Fsp3) is 0.450. The second kappa shape index (κ2) is 7.03. The van der Waals surface area contributed by atoms with E-state index in [-0.39, 0.29) is 18.0 Å². The second-order valence-electron chi connectivity index (χ2n) is 7.71. The minimum Gasteiger partial charge on any atom is -0.338 e. The van der Waals surface area contributed by atoms with E-state index in [1.165, 1.54) is 5.56 Å². The summed E-state index contributed by atoms with van der Waals surface area (Å²) in [6.45, 7) is 4.65. The molecule has 3 aliphatic rings. The number of hydrogen-bond acceptors (Lipinski definition) is 7. The minimum absolute atomic E-state index is 0.0539. The largest absolute Gasteiger partial charge is 0.338 e. The van der Waals surface area contributed by atoms with Gasteiger partial charge in [0.1, 0.15) is 6.17 Å². The monoisotopic (exact) mass is 380 g/mol. The highest BCUT2D eigenvalue weighted by molar-refractivity contribution is 5.89. The summed E-state index contributed by atoms with van der Waals surface area (Å²) < 4.78 is 5.59. The van der Waals surface area contributed by atoms with Gasteiger partial charge in [-0.05, 0) is 32.9 Å². The van der Waals surface area contributed by atoms with E-state index >= 15 is 0 Å². The Labute approximate surface area is 163 Å². The van der Waals surface area contributed by atoms with Gasteiger partial charge in [-0.3, -0.25) is 9.80 Å². The van der Waals surface area contributed by atoms with Gasteiger partial charge in [0.15, 0.2) is 0 Å². The van der Waals surface area contributed by atoms with Crippen LogP contribution in [0.5, 0.6) is 0 Å². The molecule has 1 aromatic carbocycles. The van der Waals surface area contributed by atoms with E-state index in [1.54, 1.807) is 6.08 Å². The zero-order chi connectivity index (χ0) is 19.1. The van der Waals surface area contributed by atoms with Crippen LogP contribution in [0.3, 0.4) is 0 Å². The maximum atomic E-state index is 12.4. The van der Waals surface area contributed by atoms with Crippen LogP contribution < -0.4 is 16.1 Å². The molecule has 1 aromatic heterocycles. The van der Waals surface area contributed by atoms with Crippen LogP contribution in [0.4, 0.5) is 0 Å². The normalized spacial score (nSPS) is 25.4. The number of aryl methyl sites for hydroxylation is 1. The van der Waals surface area contributed by atoms with E-state index in [0.717, 1.165) is 37.2 Å². The summed E-state index contributed by atoms with van der Waals surface area (Å²) in [7, 11) is 0. The molecule has 0 bridgehead atoms. The molecular weight excluding hydrogens is 356 g/mol. The molecule has 4 heterocycles. The van der Waals surface area contributed by atoms with Crippen molar-refractivity contribution in [1.29, 1.82) is 0 Å². The van der Waals surface area contributed by atoms with Crippen molar-refractivity contribution in [2.75, 3.05) is 19.6 Å². The molecule has 3 N–H and O–H groups in total. The number of amides is 1. The zero-order valence-corrected chi connectivity index (χ0v) is 15.8. The molecule has 2 fully saturated rings. The predicted molar refractivity (Wildman–Crippen MR) is 103 cm³/mol. The van der Waals surface area contributed by atoms with E-state index in [0.29, 0.717) is 24.2 Å². The maximum absolute atomic E-state index is 12.4. The van der Waals surface area contributed by atoms with Gasteiger partial charge in [0, 0.05) is 29.8 Å². The summed E-state index contributed by atoms with van der Waals surface area (Å²) in [4.78, 5) is 17.0. The van der Waals surface area contributed by atoms with Gasteiger partial charge in [-0.2, -0.15) is 4.98 Å². The molecule has 2 saturated heterocycles. The summed E-state index contributed by atoms with van der Waals surface area (Å²) in [6, 6.07) is 8.04. The van der Waals surface area contributed by atoms with Crippen LogP contribution in [0.1, 0.15) is 30.2 Å². The molecule has 2 aromatic rings. The van der Waals surface area contributed by atoms with Gasteiger partial charge in [0.05, 0.1) is 5.92 Å². The van der Waals surface area contributed by atoms with Crippen molar-refractivity contribution in [3.63, 3.8) is 0 Å². The lowest BCUT2D eigenvalue weighted by molar-refractivity contribution is -0.119. The zero-order valence-electron chi connectivity index (χ0n) is 15.8. The Bertz CT molecular complexity index is 900. The number of piperidine rings is 1. The summed E-state index contributed by atoms with van der Waals surface area (Å²) in [6.07, 6.45) is 3.58. The van der Waals surface area contributed by atoms with Crippen molar-refractivity contribution in [1.82, 2.24) is 31.2 Å². The first-order valence-electron chi connectivity index (χ1n) is 9.85. The van der Waals surface area contributed by atoms with Crippen molar-refractivity contribution >= 4 is 5.91 Å². The SMILES string of the molecule is Cc1ccc(-c2noc(C3CNN4C(C5CCNCC5)=CC(=O)NC34)n2)cc1. The summed E-state index contributed by atoms with van der Waals surface area (Å²) in [5, 5.41) is 12.7. The number of hydrogen-bond donors (Lipinski definition) is 3. The number of fused-ring (bicyclic) bond motifs is 1. The molecule has 0 saturated carbocycles. The number of rotatable bonds is 3. The van der Waals surface area contributed by atoms with Gasteiger partial charge in [0.25, 0.3) is 0 Å². The van der Waals surface area contributed by atoms with Crippen LogP contribution >= 0.6 is 0 Å². The molecule has 2 atom stereocenters. The number of allylic oxidation sites excluding steroid dienone is 1. The van der Waals surface area contributed by atoms with Gasteiger partial charge in [-0.25, -0.2) is 5.43 Å². The van der Waals surface area contributed by atoms with Gasteiger partial charge in [0.2, 0.25) is 17.6 Å². The van der Waals surface area contributed by atoms with Crippen LogP contribution in [0.15, 0.2) is 40.6 Å². The lowest BCUT2D eigenvalue weighted by atomic mass is 9.92. The number of hydrazine groups is 1. The molecule has 2 unspecified atom stereocenters. The molecule has 3 aliphatic heterocycles. The molecule has 28 heavy (non-hydrogen) atoms. The number of nitrogens with one attached hydrogen (secondary N) is 3. The summed E-state index contributed by atoms with van der Waals surface area (Å²) in [5.41, 5.74) is 6.61. The average molecular weight is 380 g/mol. The number of carbonyl (C=O) groups is 1. The third-order valence-corrected chi connectivity index (χ3v) is 5.81. The lowest BCUT2D eigenvalue weighted by Crippen LogP contribution is -2.53. The Balaban J connectivity index is 1.39. The topological polar surface area (TPSA) is 95.3 Å². The van der Waals surface area contributed by atoms with E-state index in [1.807, 2.05) is 31.2 Å². The maximum Gasteiger partial charge on any atom is 0.247 e. The molecule has 0 radical (unpaired) electrons. The van der Waals surface area contributed by atoms with Crippen LogP contribution in [0.2, 0.25) is 0 Å². The van der Waals surface area contributed by atoms with Gasteiger partial charge in [-0.1, -0.05) is 35.0 Å². The van der Waals surface area contributed by atoms with Crippen molar-refractivity contribution in [3.8, 4) is 11.4 Å². The van der Waals surface area contributed by atoms with E-state index < -0.39 is 0 Å². The Morgan fingerprint density at radius 3 is 2.75 bits per heavy atom. The third-order valence-electron chi connectivity index (χ3n) is 5.81. The predicted octanol–water partition coefficient (Wildman–Crippen LogP) is 1.29. The molecule has 1 amide bonds. The van der Waals surface area contributed by atoms with E-state index in [9.17, 15) is 4.79 Å². The molecule has 5 rings (SSSR count). The molecule has 8 nitrogen and oxygen atoms in total. The van der Waals surface area contributed by atoms with E-state index in [4.69, 9.17) is 4.52 Å². The standard InChI is InChI=1S/C20H24N6O2/c1-12-2-4-14(5-3-12)18-24-20(28-25-18)15-11-22-26-16(10-17(27)23-19(15)26)13-6-8-21-9-7-13/h2-5,10,13,15,19,21-22H,6-9,11H2,1H3,(H,23,27). The highest BCUT2D eigenvalue weighted by Crippen LogP contribution is 2.35. The van der Waals surface area contributed by atoms with Crippen LogP contribution in [0.25, 0.3) is 11.4 Å². The average Bonchev–Trinajstić information content (AvgIpc) is 3.35. The van der Waals surface area contributed by atoms with Crippen molar-refractivity contribution < 1.29 is 9.32 Å². The highest BCUT2D eigenvalue weighted by Gasteiger charge is 2.44.